The molecule has 0 saturated heterocycles. The van der Waals surface area contributed by atoms with E-state index >= 15 is 0 Å². The molecule has 0 amide bonds. The molecular formula is C35H25N8+. The molecule has 1 aliphatic heterocycles. The van der Waals surface area contributed by atoms with E-state index in [0.29, 0.717) is 23.6 Å². The van der Waals surface area contributed by atoms with Gasteiger partial charge in [0, 0.05) is 28.3 Å². The Bertz CT molecular complexity index is 2200. The van der Waals surface area contributed by atoms with Gasteiger partial charge in [-0.05, 0) is 6.07 Å². The van der Waals surface area contributed by atoms with E-state index in [2.05, 4.69) is 60.7 Å². The van der Waals surface area contributed by atoms with Gasteiger partial charge in [0.05, 0.1) is 17.8 Å². The van der Waals surface area contributed by atoms with Crippen molar-refractivity contribution in [2.75, 3.05) is 0 Å². The molecule has 0 bridgehead atoms. The smallest absolute Gasteiger partial charge is 0.211 e. The van der Waals surface area contributed by atoms with E-state index in [-0.39, 0.29) is 0 Å². The molecule has 0 fully saturated rings. The summed E-state index contributed by atoms with van der Waals surface area (Å²) in [5.74, 6) is 1.15. The van der Waals surface area contributed by atoms with Crippen molar-refractivity contribution >= 4 is 5.78 Å². The summed E-state index contributed by atoms with van der Waals surface area (Å²) in [6.45, 7) is 0. The van der Waals surface area contributed by atoms with Gasteiger partial charge in [-0.2, -0.15) is 9.50 Å². The Labute approximate surface area is 247 Å². The monoisotopic (exact) mass is 557 g/mol. The van der Waals surface area contributed by atoms with Crippen LogP contribution in [0.15, 0.2) is 144 Å². The van der Waals surface area contributed by atoms with Gasteiger partial charge in [-0.15, -0.1) is 9.46 Å². The van der Waals surface area contributed by atoms with Crippen molar-refractivity contribution in [1.82, 2.24) is 24.6 Å². The number of rotatable bonds is 6. The minimum absolute atomic E-state index is 0.413. The number of aromatic nitrogens is 6. The standard InChI is InChI=1S/C35H25N8/c1-5-13-24(14-6-1)28-21-30(26-17-9-3-10-18-26)42-34(36-28)38-32(40-42)23-33-39-35-37-29(25-15-7-2-8-16-25)22-31(43(35)41-33)27-19-11-4-12-20-27/h1-22,32H,23H2/q+1. The summed E-state index contributed by atoms with van der Waals surface area (Å²) in [5.41, 5.74) is 8.22. The van der Waals surface area contributed by atoms with Gasteiger partial charge in [0.2, 0.25) is 6.17 Å². The van der Waals surface area contributed by atoms with E-state index in [9.17, 15) is 0 Å². The van der Waals surface area contributed by atoms with Crippen LogP contribution in [0.4, 0.5) is 0 Å². The summed E-state index contributed by atoms with van der Waals surface area (Å²) in [6.07, 6.45) is -0.0107. The zero-order chi connectivity index (χ0) is 28.6. The molecule has 1 unspecified atom stereocenters. The van der Waals surface area contributed by atoms with E-state index in [1.807, 2.05) is 81.7 Å². The van der Waals surface area contributed by atoms with Gasteiger partial charge in [-0.3, -0.25) is 0 Å². The number of nitrogens with zero attached hydrogens (tertiary/aromatic N) is 8. The van der Waals surface area contributed by atoms with Gasteiger partial charge >= 0.3 is 5.62 Å². The molecule has 0 saturated carbocycles. The van der Waals surface area contributed by atoms with E-state index in [0.717, 1.165) is 45.0 Å². The SMILES string of the molecule is c1ccc(-c2cc(-c3ccccc3)[n+]3c(n2)=NC(Cc2nc4nc(-c5ccccc5)cc(-c5ccccc5)n4n2)N=3)cc1. The zero-order valence-corrected chi connectivity index (χ0v) is 23.1. The first kappa shape index (κ1) is 24.9. The summed E-state index contributed by atoms with van der Waals surface area (Å²) in [4.78, 5) is 19.5. The zero-order valence-electron chi connectivity index (χ0n) is 23.1. The minimum atomic E-state index is -0.424. The lowest BCUT2D eigenvalue weighted by atomic mass is 10.1. The highest BCUT2D eigenvalue weighted by Gasteiger charge is 2.26. The average molecular weight is 558 g/mol. The first-order valence-corrected chi connectivity index (χ1v) is 14.2. The van der Waals surface area contributed by atoms with Crippen molar-refractivity contribution in [3.63, 3.8) is 0 Å². The van der Waals surface area contributed by atoms with E-state index < -0.39 is 6.17 Å². The number of fused-ring (bicyclic) bond motifs is 2. The molecule has 4 heterocycles. The van der Waals surface area contributed by atoms with Crippen LogP contribution in [0, 0.1) is 0 Å². The Morgan fingerprint density at radius 1 is 0.581 bits per heavy atom. The lowest BCUT2D eigenvalue weighted by Gasteiger charge is -2.07. The molecule has 0 spiro atoms. The maximum absolute atomic E-state index is 4.95. The number of hydrogen-bond acceptors (Lipinski definition) is 6. The van der Waals surface area contributed by atoms with Crippen LogP contribution in [0.25, 0.3) is 50.8 Å². The van der Waals surface area contributed by atoms with Crippen LogP contribution in [0.3, 0.4) is 0 Å². The molecule has 1 atom stereocenters. The Kier molecular flexibility index (Phi) is 6.07. The fourth-order valence-electron chi connectivity index (χ4n) is 5.36. The fraction of sp³-hybridized carbons (Fsp3) is 0.0571. The van der Waals surface area contributed by atoms with Crippen molar-refractivity contribution < 1.29 is 4.36 Å². The van der Waals surface area contributed by atoms with E-state index in [1.165, 1.54) is 0 Å². The quantitative estimate of drug-likeness (QED) is 0.245. The lowest BCUT2D eigenvalue weighted by Crippen LogP contribution is -2.39. The highest BCUT2D eigenvalue weighted by molar-refractivity contribution is 5.70. The number of hydrogen-bond donors (Lipinski definition) is 0. The van der Waals surface area contributed by atoms with Gasteiger partial charge in [0.15, 0.2) is 11.5 Å². The number of benzene rings is 4. The van der Waals surface area contributed by atoms with E-state index in [1.54, 1.807) is 0 Å². The second-order valence-electron chi connectivity index (χ2n) is 10.3. The summed E-state index contributed by atoms with van der Waals surface area (Å²) < 4.78 is 3.65. The van der Waals surface area contributed by atoms with Gasteiger partial charge in [0.1, 0.15) is 5.69 Å². The second-order valence-corrected chi connectivity index (χ2v) is 10.3. The molecule has 8 heteroatoms. The molecule has 43 heavy (non-hydrogen) atoms. The molecule has 0 N–H and O–H groups in total. The van der Waals surface area contributed by atoms with Crippen molar-refractivity contribution in [1.29, 1.82) is 0 Å². The summed E-state index contributed by atoms with van der Waals surface area (Å²) in [6, 6.07) is 44.8. The Morgan fingerprint density at radius 2 is 1.14 bits per heavy atom. The third-order valence-electron chi connectivity index (χ3n) is 7.42. The Hall–Kier alpha value is -5.89. The van der Waals surface area contributed by atoms with Crippen LogP contribution in [0.1, 0.15) is 5.82 Å². The molecule has 0 radical (unpaired) electrons. The predicted molar refractivity (Wildman–Crippen MR) is 163 cm³/mol. The van der Waals surface area contributed by atoms with Crippen LogP contribution in [-0.4, -0.2) is 30.7 Å². The van der Waals surface area contributed by atoms with Gasteiger partial charge in [-0.1, -0.05) is 136 Å². The topological polar surface area (TPSA) is 86.6 Å². The van der Waals surface area contributed by atoms with E-state index in [4.69, 9.17) is 30.2 Å². The first-order valence-electron chi connectivity index (χ1n) is 14.2. The van der Waals surface area contributed by atoms with Crippen LogP contribution in [0.5, 0.6) is 0 Å². The lowest BCUT2D eigenvalue weighted by molar-refractivity contribution is -0.552. The highest BCUT2D eigenvalue weighted by atomic mass is 15.4. The first-order chi connectivity index (χ1) is 21.3. The predicted octanol–water partition coefficient (Wildman–Crippen LogP) is 5.71. The summed E-state index contributed by atoms with van der Waals surface area (Å²) in [5, 5.41) is 9.84. The van der Waals surface area contributed by atoms with Crippen LogP contribution < -0.4 is 9.98 Å². The molecule has 0 aliphatic carbocycles. The molecule has 3 aromatic heterocycles. The van der Waals surface area contributed by atoms with Crippen molar-refractivity contribution in [3.8, 4) is 45.0 Å². The van der Waals surface area contributed by atoms with Gasteiger partial charge < -0.3 is 0 Å². The van der Waals surface area contributed by atoms with Crippen LogP contribution >= 0.6 is 0 Å². The maximum atomic E-state index is 4.95. The average Bonchev–Trinajstić information content (AvgIpc) is 3.68. The molecule has 1 aliphatic rings. The Morgan fingerprint density at radius 3 is 1.77 bits per heavy atom. The summed E-state index contributed by atoms with van der Waals surface area (Å²) >= 11 is 0. The maximum Gasteiger partial charge on any atom is 0.455 e. The fourth-order valence-corrected chi connectivity index (χ4v) is 5.36. The normalized spacial score (nSPS) is 13.8. The third kappa shape index (κ3) is 4.74. The third-order valence-corrected chi connectivity index (χ3v) is 7.42. The van der Waals surface area contributed by atoms with Gasteiger partial charge in [-0.25, -0.2) is 4.98 Å². The second kappa shape index (κ2) is 10.5. The molecule has 4 aromatic carbocycles. The highest BCUT2D eigenvalue weighted by Crippen LogP contribution is 2.26. The van der Waals surface area contributed by atoms with Crippen molar-refractivity contribution in [2.45, 2.75) is 12.6 Å². The minimum Gasteiger partial charge on any atom is -0.211 e. The van der Waals surface area contributed by atoms with Crippen molar-refractivity contribution in [2.24, 2.45) is 10.1 Å². The van der Waals surface area contributed by atoms with Crippen LogP contribution in [-0.2, 0) is 6.42 Å². The van der Waals surface area contributed by atoms with Crippen LogP contribution in [0.2, 0.25) is 0 Å². The molecule has 8 nitrogen and oxygen atoms in total. The van der Waals surface area contributed by atoms with Gasteiger partial charge in [0.25, 0.3) is 5.78 Å². The molecule has 7 aromatic rings. The summed E-state index contributed by atoms with van der Waals surface area (Å²) in [7, 11) is 0. The van der Waals surface area contributed by atoms with Crippen molar-refractivity contribution in [3.05, 3.63) is 145 Å². The molecule has 204 valence electrons. The molecule has 8 rings (SSSR count). The Balaban J connectivity index is 1.22. The largest absolute Gasteiger partial charge is 0.455 e. The molecular weight excluding hydrogens is 532 g/mol.